The molecular weight excluding hydrogens is 454 g/mol. The van der Waals surface area contributed by atoms with E-state index in [1.165, 1.54) is 29.2 Å². The van der Waals surface area contributed by atoms with E-state index in [1.54, 1.807) is 57.2 Å². The minimum Gasteiger partial charge on any atom is -0.444 e. The highest BCUT2D eigenvalue weighted by atomic mass is 32.2. The summed E-state index contributed by atoms with van der Waals surface area (Å²) in [5.74, 6) is 0. The topological polar surface area (TPSA) is 122 Å². The van der Waals surface area contributed by atoms with Gasteiger partial charge >= 0.3 is 6.09 Å². The second kappa shape index (κ2) is 9.18. The van der Waals surface area contributed by atoms with Crippen molar-refractivity contribution in [1.82, 2.24) is 14.3 Å². The number of hydrogen-bond donors (Lipinski definition) is 2. The number of carbonyl (C=O) groups is 1. The molecule has 0 spiro atoms. The van der Waals surface area contributed by atoms with E-state index >= 15 is 0 Å². The van der Waals surface area contributed by atoms with E-state index in [2.05, 4.69) is 9.44 Å². The number of rotatable bonds is 6. The molecule has 9 nitrogen and oxygen atoms in total. The lowest BCUT2D eigenvalue weighted by atomic mass is 10.2. The number of hydrogen-bond acceptors (Lipinski definition) is 6. The highest BCUT2D eigenvalue weighted by molar-refractivity contribution is 7.90. The maximum atomic E-state index is 12.9. The van der Waals surface area contributed by atoms with Gasteiger partial charge in [0.25, 0.3) is 0 Å². The second-order valence-corrected chi connectivity index (χ2v) is 11.9. The molecule has 0 saturated carbocycles. The lowest BCUT2D eigenvalue weighted by Gasteiger charge is -2.24. The number of likely N-dealkylation sites (tertiary alicyclic amines) is 1. The molecule has 1 saturated heterocycles. The number of nitrogens with zero attached hydrogens (tertiary/aromatic N) is 1. The first-order chi connectivity index (χ1) is 14.9. The summed E-state index contributed by atoms with van der Waals surface area (Å²) in [7, 11) is -7.89. The Labute approximate surface area is 188 Å². The number of nitrogens with one attached hydrogen (secondary N) is 2. The van der Waals surface area contributed by atoms with E-state index in [9.17, 15) is 21.6 Å². The zero-order chi connectivity index (χ0) is 23.6. The molecular formula is C21H27N3O6S2. The van der Waals surface area contributed by atoms with Gasteiger partial charge in [0.15, 0.2) is 0 Å². The Bertz CT molecular complexity index is 1070. The van der Waals surface area contributed by atoms with Crippen molar-refractivity contribution in [1.29, 1.82) is 0 Å². The van der Waals surface area contributed by atoms with Gasteiger partial charge in [0, 0.05) is 13.1 Å². The van der Waals surface area contributed by atoms with Gasteiger partial charge < -0.3 is 9.64 Å². The van der Waals surface area contributed by atoms with Crippen LogP contribution in [0.2, 0.25) is 0 Å². The minimum absolute atomic E-state index is 0.0420. The van der Waals surface area contributed by atoms with E-state index in [-0.39, 0.29) is 22.9 Å². The van der Waals surface area contributed by atoms with Crippen LogP contribution in [0.3, 0.4) is 0 Å². The van der Waals surface area contributed by atoms with Crippen LogP contribution >= 0.6 is 0 Å². The van der Waals surface area contributed by atoms with Crippen LogP contribution in [0.1, 0.15) is 20.8 Å². The predicted octanol–water partition coefficient (Wildman–Crippen LogP) is 1.93. The molecule has 2 atom stereocenters. The Morgan fingerprint density at radius 3 is 1.53 bits per heavy atom. The average molecular weight is 482 g/mol. The van der Waals surface area contributed by atoms with Gasteiger partial charge in [0.1, 0.15) is 5.60 Å². The Balaban J connectivity index is 1.86. The van der Waals surface area contributed by atoms with Crippen LogP contribution in [0.25, 0.3) is 0 Å². The fourth-order valence-corrected chi connectivity index (χ4v) is 5.83. The predicted molar refractivity (Wildman–Crippen MR) is 119 cm³/mol. The molecule has 3 rings (SSSR count). The van der Waals surface area contributed by atoms with Gasteiger partial charge in [-0.2, -0.15) is 0 Å². The Kier molecular flexibility index (Phi) is 6.94. The molecule has 2 aromatic carbocycles. The van der Waals surface area contributed by atoms with Crippen molar-refractivity contribution in [2.75, 3.05) is 13.1 Å². The maximum absolute atomic E-state index is 12.9. The van der Waals surface area contributed by atoms with Crippen molar-refractivity contribution in [3.05, 3.63) is 60.7 Å². The van der Waals surface area contributed by atoms with Gasteiger partial charge in [-0.05, 0) is 45.0 Å². The molecule has 0 bridgehead atoms. The molecule has 1 aliphatic rings. The third-order valence-electron chi connectivity index (χ3n) is 4.69. The number of sulfonamides is 2. The summed E-state index contributed by atoms with van der Waals surface area (Å²) < 4.78 is 61.9. The molecule has 0 aliphatic carbocycles. The normalized spacial score (nSPS) is 19.7. The fraction of sp³-hybridized carbons (Fsp3) is 0.381. The zero-order valence-corrected chi connectivity index (χ0v) is 19.7. The highest BCUT2D eigenvalue weighted by Gasteiger charge is 2.41. The first-order valence-electron chi connectivity index (χ1n) is 10.0. The van der Waals surface area contributed by atoms with Gasteiger partial charge in [-0.25, -0.2) is 31.1 Å². The monoisotopic (exact) mass is 481 g/mol. The van der Waals surface area contributed by atoms with Crippen LogP contribution in [0.5, 0.6) is 0 Å². The molecule has 1 heterocycles. The quantitative estimate of drug-likeness (QED) is 0.650. The van der Waals surface area contributed by atoms with Crippen LogP contribution in [-0.4, -0.2) is 58.6 Å². The van der Waals surface area contributed by atoms with Gasteiger partial charge in [0.05, 0.1) is 21.9 Å². The SMILES string of the molecule is CC(C)(C)OC(=O)N1C[C@H](NS(=O)(=O)c2ccccc2)[C@@H](NS(=O)(=O)c2ccccc2)C1. The van der Waals surface area contributed by atoms with Crippen molar-refractivity contribution in [2.45, 2.75) is 48.2 Å². The van der Waals surface area contributed by atoms with Gasteiger partial charge in [-0.1, -0.05) is 36.4 Å². The summed E-state index contributed by atoms with van der Waals surface area (Å²) >= 11 is 0. The number of amides is 1. The first-order valence-corrected chi connectivity index (χ1v) is 13.0. The third-order valence-corrected chi connectivity index (χ3v) is 7.70. The molecule has 0 radical (unpaired) electrons. The van der Waals surface area contributed by atoms with Gasteiger partial charge in [0.2, 0.25) is 20.0 Å². The van der Waals surface area contributed by atoms with Crippen molar-refractivity contribution < 1.29 is 26.4 Å². The van der Waals surface area contributed by atoms with Crippen LogP contribution in [-0.2, 0) is 24.8 Å². The van der Waals surface area contributed by atoms with Crippen LogP contribution in [0.15, 0.2) is 70.5 Å². The summed E-state index contributed by atoms with van der Waals surface area (Å²) in [6.45, 7) is 5.04. The van der Waals surface area contributed by atoms with Crippen molar-refractivity contribution >= 4 is 26.1 Å². The minimum atomic E-state index is -3.94. The lowest BCUT2D eigenvalue weighted by molar-refractivity contribution is 0.0289. The molecule has 1 amide bonds. The Hall–Kier alpha value is -2.47. The zero-order valence-electron chi connectivity index (χ0n) is 18.1. The first kappa shape index (κ1) is 24.2. The van der Waals surface area contributed by atoms with Crippen molar-refractivity contribution in [3.8, 4) is 0 Å². The molecule has 0 aromatic heterocycles. The Morgan fingerprint density at radius 1 is 0.812 bits per heavy atom. The molecule has 0 unspecified atom stereocenters. The molecule has 174 valence electrons. The maximum Gasteiger partial charge on any atom is 0.410 e. The number of benzene rings is 2. The molecule has 2 aromatic rings. The summed E-state index contributed by atoms with van der Waals surface area (Å²) in [5.41, 5.74) is -0.752. The standard InChI is InChI=1S/C21H27N3O6S2/c1-21(2,3)30-20(25)24-14-18(22-31(26,27)16-10-6-4-7-11-16)19(15-24)23-32(28,29)17-12-8-5-9-13-17/h4-13,18-19,22-23H,14-15H2,1-3H3/t18-,19-/m0/s1. The van der Waals surface area contributed by atoms with E-state index < -0.39 is 43.8 Å². The molecule has 1 aliphatic heterocycles. The number of carbonyl (C=O) groups excluding carboxylic acids is 1. The van der Waals surface area contributed by atoms with E-state index in [1.807, 2.05) is 0 Å². The van der Waals surface area contributed by atoms with E-state index in [4.69, 9.17) is 4.74 Å². The lowest BCUT2D eigenvalue weighted by Crippen LogP contribution is -2.50. The molecule has 1 fully saturated rings. The second-order valence-electron chi connectivity index (χ2n) is 8.47. The largest absolute Gasteiger partial charge is 0.444 e. The van der Waals surface area contributed by atoms with E-state index in [0.29, 0.717) is 0 Å². The summed E-state index contributed by atoms with van der Waals surface area (Å²) in [5, 5.41) is 0. The van der Waals surface area contributed by atoms with Gasteiger partial charge in [-0.15, -0.1) is 0 Å². The summed E-state index contributed by atoms with van der Waals surface area (Å²) in [4.78, 5) is 13.9. The van der Waals surface area contributed by atoms with Crippen molar-refractivity contribution in [2.24, 2.45) is 0 Å². The van der Waals surface area contributed by atoms with Crippen molar-refractivity contribution in [3.63, 3.8) is 0 Å². The smallest absolute Gasteiger partial charge is 0.410 e. The summed E-state index contributed by atoms with van der Waals surface area (Å²) in [6.07, 6.45) is -0.650. The molecule has 32 heavy (non-hydrogen) atoms. The third kappa shape index (κ3) is 6.06. The summed E-state index contributed by atoms with van der Waals surface area (Å²) in [6, 6.07) is 13.7. The van der Waals surface area contributed by atoms with Gasteiger partial charge in [-0.3, -0.25) is 0 Å². The van der Waals surface area contributed by atoms with Crippen LogP contribution in [0.4, 0.5) is 4.79 Å². The molecule has 11 heteroatoms. The average Bonchev–Trinajstić information content (AvgIpc) is 3.09. The number of ether oxygens (including phenoxy) is 1. The Morgan fingerprint density at radius 2 is 1.19 bits per heavy atom. The van der Waals surface area contributed by atoms with Crippen LogP contribution in [0, 0.1) is 0 Å². The van der Waals surface area contributed by atoms with Crippen LogP contribution < -0.4 is 9.44 Å². The highest BCUT2D eigenvalue weighted by Crippen LogP contribution is 2.20. The fourth-order valence-electron chi connectivity index (χ4n) is 3.25. The van der Waals surface area contributed by atoms with E-state index in [0.717, 1.165) is 0 Å². The molecule has 2 N–H and O–H groups in total.